The number of rotatable bonds is 0. The molecule has 0 heterocycles. The zero-order valence-corrected chi connectivity index (χ0v) is 2.96. The molecule has 0 aromatic rings. The van der Waals surface area contributed by atoms with Gasteiger partial charge in [-0.3, -0.25) is 0 Å². The first-order chi connectivity index (χ1) is 0. The average molecular weight is 167 g/mol. The summed E-state index contributed by atoms with van der Waals surface area (Å²) in [4.78, 5) is 0. The molecule has 0 bridgehead atoms. The minimum absolute atomic E-state index is 0. The largest absolute Gasteiger partial charge is 0.187 e. The molecule has 0 atom stereocenters. The van der Waals surface area contributed by atoms with E-state index in [-0.39, 0.29) is 68.4 Å². The van der Waals surface area contributed by atoms with Crippen molar-refractivity contribution in [3.63, 3.8) is 0 Å². The van der Waals surface area contributed by atoms with Crippen LogP contribution >= 0.6 is 0 Å². The third kappa shape index (κ3) is 9.04. The summed E-state index contributed by atoms with van der Waals surface area (Å²) in [7, 11) is 0. The average Bonchev–Trinajstić information content (AvgIpc) is 0. The topological polar surface area (TPSA) is 0 Å². The van der Waals surface area contributed by atoms with E-state index in [0.717, 1.165) is 0 Å². The smallest absolute Gasteiger partial charge is 0.0776 e. The van der Waals surface area contributed by atoms with Gasteiger partial charge in [0.15, 0.2) is 34.7 Å². The fourth-order valence-corrected chi connectivity index (χ4v) is 0. The maximum absolute atomic E-state index is 0. The van der Waals surface area contributed by atoms with Crippen molar-refractivity contribution in [2.75, 3.05) is 0 Å². The summed E-state index contributed by atoms with van der Waals surface area (Å²) in [5.74, 6) is 0. The van der Waals surface area contributed by atoms with Gasteiger partial charge in [0.2, 0.25) is 0 Å². The van der Waals surface area contributed by atoms with Crippen LogP contribution in [0.4, 0.5) is 0 Å². The monoisotopic (exact) mass is 166 g/mol. The fraction of sp³-hybridized carbons (Fsp3) is 1.00. The summed E-state index contributed by atoms with van der Waals surface area (Å²) < 4.78 is 0. The van der Waals surface area contributed by atoms with Crippen molar-refractivity contribution in [1.82, 2.24) is 0 Å². The third-order valence-corrected chi connectivity index (χ3v) is 0. The van der Waals surface area contributed by atoms with Gasteiger partial charge in [0, 0.05) is 26.2 Å². The van der Waals surface area contributed by atoms with Crippen molar-refractivity contribution in [1.29, 1.82) is 0 Å². The molecule has 4 heavy (non-hydrogen) atoms. The second kappa shape index (κ2) is 20.3. The predicted octanol–water partition coefficient (Wildman–Crippen LogP) is -1.73. The van der Waals surface area contributed by atoms with E-state index in [1.807, 2.05) is 0 Å². The van der Waals surface area contributed by atoms with Crippen molar-refractivity contribution >= 4 is 34.7 Å². The predicted molar refractivity (Wildman–Crippen MR) is 26.6 cm³/mol. The Morgan fingerprint density at radius 3 is 0.750 bits per heavy atom. The number of hydrogen-bond donors (Lipinski definition) is 0. The molecular formula is CH10Al2Zr. The molecule has 0 aromatic carbocycles. The van der Waals surface area contributed by atoms with Crippen molar-refractivity contribution < 1.29 is 26.2 Å². The van der Waals surface area contributed by atoms with Gasteiger partial charge in [-0.15, -0.1) is 0 Å². The molecule has 24 valence electrons. The van der Waals surface area contributed by atoms with Gasteiger partial charge >= 0.3 is 0 Å². The minimum atomic E-state index is 0. The summed E-state index contributed by atoms with van der Waals surface area (Å²) >= 11 is 0. The van der Waals surface area contributed by atoms with Crippen molar-refractivity contribution in [2.24, 2.45) is 0 Å². The van der Waals surface area contributed by atoms with Crippen molar-refractivity contribution in [3.8, 4) is 0 Å². The minimum Gasteiger partial charge on any atom is -0.0776 e. The van der Waals surface area contributed by atoms with E-state index >= 15 is 0 Å². The molecule has 0 aliphatic carbocycles. The van der Waals surface area contributed by atoms with Gasteiger partial charge in [-0.05, 0) is 0 Å². The molecule has 0 rings (SSSR count). The van der Waals surface area contributed by atoms with Crippen LogP contribution in [0, 0.1) is 0 Å². The van der Waals surface area contributed by atoms with E-state index in [2.05, 4.69) is 0 Å². The van der Waals surface area contributed by atoms with E-state index < -0.39 is 0 Å². The third-order valence-electron chi connectivity index (χ3n) is 0. The van der Waals surface area contributed by atoms with E-state index in [0.29, 0.717) is 0 Å². The Morgan fingerprint density at radius 1 is 0.750 bits per heavy atom. The molecule has 0 N–H and O–H groups in total. The van der Waals surface area contributed by atoms with Crippen LogP contribution in [0.3, 0.4) is 0 Å². The molecule has 0 saturated heterocycles. The maximum Gasteiger partial charge on any atom is 0.187 e. The summed E-state index contributed by atoms with van der Waals surface area (Å²) in [5, 5.41) is 0. The molecule has 0 aromatic heterocycles. The molecule has 0 spiro atoms. The standard InChI is InChI=1S/CH4.2Al.Zr.6H/h1H4;;;;;;;;;. The molecule has 3 heteroatoms. The summed E-state index contributed by atoms with van der Waals surface area (Å²) in [6.07, 6.45) is 0. The summed E-state index contributed by atoms with van der Waals surface area (Å²) in [5.41, 5.74) is 0. The molecule has 0 amide bonds. The molecule has 0 aliphatic rings. The Labute approximate surface area is 67.7 Å². The van der Waals surface area contributed by atoms with E-state index in [4.69, 9.17) is 0 Å². The van der Waals surface area contributed by atoms with Crippen LogP contribution in [0.1, 0.15) is 7.43 Å². The zero-order chi connectivity index (χ0) is 0. The first-order valence-corrected chi connectivity index (χ1v) is 0. The molecule has 0 saturated carbocycles. The quantitative estimate of drug-likeness (QED) is 0.376. The van der Waals surface area contributed by atoms with Gasteiger partial charge in [-0.1, -0.05) is 7.43 Å². The van der Waals surface area contributed by atoms with Crippen LogP contribution in [0.2, 0.25) is 0 Å². The second-order valence-corrected chi connectivity index (χ2v) is 0. The van der Waals surface area contributed by atoms with E-state index in [1.54, 1.807) is 0 Å². The second-order valence-electron chi connectivity index (χ2n) is 0. The van der Waals surface area contributed by atoms with E-state index in [9.17, 15) is 0 Å². The summed E-state index contributed by atoms with van der Waals surface area (Å²) in [6.45, 7) is 0. The van der Waals surface area contributed by atoms with Crippen molar-refractivity contribution in [2.45, 2.75) is 7.43 Å². The molecule has 0 aliphatic heterocycles. The number of hydrogen-bond acceptors (Lipinski definition) is 0. The molecular weight excluding hydrogens is 157 g/mol. The Kier molecular flexibility index (Phi) is 195. The molecule has 0 radical (unpaired) electrons. The van der Waals surface area contributed by atoms with Crippen molar-refractivity contribution in [3.05, 3.63) is 0 Å². The first-order valence-electron chi connectivity index (χ1n) is 0. The first kappa shape index (κ1) is 38.4. The Hall–Kier alpha value is 1.95. The van der Waals surface area contributed by atoms with E-state index in [1.165, 1.54) is 0 Å². The van der Waals surface area contributed by atoms with Gasteiger partial charge in [0.1, 0.15) is 0 Å². The normalized spacial score (nSPS) is 0. The van der Waals surface area contributed by atoms with Gasteiger partial charge in [0.05, 0.1) is 0 Å². The summed E-state index contributed by atoms with van der Waals surface area (Å²) in [6, 6.07) is 0. The zero-order valence-electron chi connectivity index (χ0n) is 0.500. The van der Waals surface area contributed by atoms with Gasteiger partial charge in [-0.25, -0.2) is 0 Å². The maximum atomic E-state index is 0. The van der Waals surface area contributed by atoms with Crippen LogP contribution in [0.15, 0.2) is 0 Å². The van der Waals surface area contributed by atoms with Gasteiger partial charge < -0.3 is 0 Å². The Morgan fingerprint density at radius 2 is 0.750 bits per heavy atom. The van der Waals surface area contributed by atoms with Crippen LogP contribution in [0.5, 0.6) is 0 Å². The van der Waals surface area contributed by atoms with Gasteiger partial charge in [-0.2, -0.15) is 0 Å². The van der Waals surface area contributed by atoms with Gasteiger partial charge in [0.25, 0.3) is 0 Å². The van der Waals surface area contributed by atoms with Crippen LogP contribution in [0.25, 0.3) is 0 Å². The molecule has 0 fully saturated rings. The molecule has 0 nitrogen and oxygen atoms in total. The molecule has 0 unspecified atom stereocenters. The Bertz CT molecular complexity index is 6.00. The van der Waals surface area contributed by atoms with Crippen LogP contribution in [-0.2, 0) is 26.2 Å². The fourth-order valence-electron chi connectivity index (χ4n) is 0. The van der Waals surface area contributed by atoms with Crippen LogP contribution in [-0.4, -0.2) is 34.7 Å². The SMILES string of the molecule is C.[AlH3].[AlH3].[Zr]. The van der Waals surface area contributed by atoms with Crippen LogP contribution < -0.4 is 0 Å². The Balaban J connectivity index is 0.